The van der Waals surface area contributed by atoms with Crippen LogP contribution in [0.2, 0.25) is 0 Å². The van der Waals surface area contributed by atoms with Crippen molar-refractivity contribution in [2.45, 2.75) is 13.8 Å². The summed E-state index contributed by atoms with van der Waals surface area (Å²) in [6, 6.07) is 7.09. The van der Waals surface area contributed by atoms with Crippen molar-refractivity contribution >= 4 is 11.7 Å². The Balaban J connectivity index is 0.00000106. The first-order chi connectivity index (χ1) is 7.70. The molecule has 0 aromatic heterocycles. The molecule has 0 radical (unpaired) electrons. The predicted molar refractivity (Wildman–Crippen MR) is 65.3 cm³/mol. The standard InChI is InChI=1S/C11H15NO2.H4N2/c1-3-12(4-2)10-8-6-5-7-9(10)11(13)14;1-2/h5-8H,3-4H2,1-2H3,(H,13,14);1-2H2. The van der Waals surface area contributed by atoms with E-state index < -0.39 is 5.97 Å². The number of anilines is 1. The molecule has 0 saturated carbocycles. The fourth-order valence-electron chi connectivity index (χ4n) is 1.49. The topological polar surface area (TPSA) is 92.6 Å². The summed E-state index contributed by atoms with van der Waals surface area (Å²) in [5, 5.41) is 8.98. The quantitative estimate of drug-likeness (QED) is 0.526. The van der Waals surface area contributed by atoms with Gasteiger partial charge in [0.15, 0.2) is 0 Å². The zero-order valence-electron chi connectivity index (χ0n) is 9.68. The molecular weight excluding hydrogens is 206 g/mol. The van der Waals surface area contributed by atoms with Gasteiger partial charge in [-0.25, -0.2) is 4.79 Å². The van der Waals surface area contributed by atoms with Crippen molar-refractivity contribution in [1.29, 1.82) is 0 Å². The van der Waals surface area contributed by atoms with Gasteiger partial charge in [0.05, 0.1) is 11.3 Å². The molecule has 0 bridgehead atoms. The van der Waals surface area contributed by atoms with Gasteiger partial charge in [0.25, 0.3) is 0 Å². The molecule has 0 heterocycles. The molecule has 1 aromatic rings. The Hall–Kier alpha value is -1.59. The third-order valence-electron chi connectivity index (χ3n) is 2.24. The second-order valence-electron chi connectivity index (χ2n) is 2.99. The van der Waals surface area contributed by atoms with Crippen LogP contribution in [0.4, 0.5) is 5.69 Å². The molecule has 0 spiro atoms. The van der Waals surface area contributed by atoms with Gasteiger partial charge in [-0.05, 0) is 26.0 Å². The second-order valence-corrected chi connectivity index (χ2v) is 2.99. The molecule has 0 aliphatic heterocycles. The van der Waals surface area contributed by atoms with Crippen LogP contribution >= 0.6 is 0 Å². The van der Waals surface area contributed by atoms with Crippen molar-refractivity contribution in [3.63, 3.8) is 0 Å². The number of para-hydroxylation sites is 1. The van der Waals surface area contributed by atoms with E-state index in [1.54, 1.807) is 12.1 Å². The summed E-state index contributed by atoms with van der Waals surface area (Å²) in [7, 11) is 0. The maximum Gasteiger partial charge on any atom is 0.337 e. The van der Waals surface area contributed by atoms with Gasteiger partial charge in [-0.15, -0.1) is 0 Å². The van der Waals surface area contributed by atoms with Crippen molar-refractivity contribution in [3.05, 3.63) is 29.8 Å². The number of hydrogen-bond donors (Lipinski definition) is 3. The van der Waals surface area contributed by atoms with Crippen LogP contribution in [-0.4, -0.2) is 24.2 Å². The van der Waals surface area contributed by atoms with Crippen LogP contribution in [0.1, 0.15) is 24.2 Å². The number of carboxylic acids is 1. The molecule has 16 heavy (non-hydrogen) atoms. The molecule has 0 fully saturated rings. The van der Waals surface area contributed by atoms with E-state index in [-0.39, 0.29) is 0 Å². The van der Waals surface area contributed by atoms with E-state index in [4.69, 9.17) is 5.11 Å². The van der Waals surface area contributed by atoms with E-state index in [0.717, 1.165) is 18.8 Å². The third kappa shape index (κ3) is 3.52. The van der Waals surface area contributed by atoms with Crippen molar-refractivity contribution in [2.75, 3.05) is 18.0 Å². The highest BCUT2D eigenvalue weighted by atomic mass is 16.4. The highest BCUT2D eigenvalue weighted by molar-refractivity contribution is 5.94. The number of nitrogens with zero attached hydrogens (tertiary/aromatic N) is 1. The van der Waals surface area contributed by atoms with E-state index in [0.29, 0.717) is 5.56 Å². The fourth-order valence-corrected chi connectivity index (χ4v) is 1.49. The van der Waals surface area contributed by atoms with E-state index in [2.05, 4.69) is 11.7 Å². The summed E-state index contributed by atoms with van der Waals surface area (Å²) in [5.41, 5.74) is 1.17. The zero-order valence-corrected chi connectivity index (χ0v) is 9.68. The number of hydrazine groups is 1. The molecule has 0 amide bonds. The average Bonchev–Trinajstić information content (AvgIpc) is 2.34. The van der Waals surface area contributed by atoms with E-state index >= 15 is 0 Å². The molecule has 0 atom stereocenters. The molecule has 1 rings (SSSR count). The van der Waals surface area contributed by atoms with Crippen LogP contribution < -0.4 is 16.6 Å². The molecule has 0 unspecified atom stereocenters. The van der Waals surface area contributed by atoms with Gasteiger partial charge in [-0.2, -0.15) is 0 Å². The van der Waals surface area contributed by atoms with Gasteiger partial charge >= 0.3 is 5.97 Å². The van der Waals surface area contributed by atoms with Crippen molar-refractivity contribution in [3.8, 4) is 0 Å². The summed E-state index contributed by atoms with van der Waals surface area (Å²) in [4.78, 5) is 13.0. The number of hydrogen-bond acceptors (Lipinski definition) is 4. The van der Waals surface area contributed by atoms with Gasteiger partial charge in [0, 0.05) is 13.1 Å². The second kappa shape index (κ2) is 7.67. The molecule has 0 aliphatic rings. The predicted octanol–water partition coefficient (Wildman–Crippen LogP) is 1.05. The highest BCUT2D eigenvalue weighted by Crippen LogP contribution is 2.19. The van der Waals surface area contributed by atoms with Crippen molar-refractivity contribution < 1.29 is 9.90 Å². The first-order valence-electron chi connectivity index (χ1n) is 5.11. The molecule has 5 N–H and O–H groups in total. The number of rotatable bonds is 4. The molecule has 0 aliphatic carbocycles. The summed E-state index contributed by atoms with van der Waals surface area (Å²) >= 11 is 0. The molecule has 0 saturated heterocycles. The molecule has 90 valence electrons. The first kappa shape index (κ1) is 14.4. The van der Waals surface area contributed by atoms with Gasteiger partial charge in [-0.1, -0.05) is 12.1 Å². The smallest absolute Gasteiger partial charge is 0.337 e. The first-order valence-corrected chi connectivity index (χ1v) is 5.11. The average molecular weight is 225 g/mol. The summed E-state index contributed by atoms with van der Waals surface area (Å²) in [6.07, 6.45) is 0. The minimum atomic E-state index is -0.868. The van der Waals surface area contributed by atoms with Gasteiger partial charge in [0.1, 0.15) is 0 Å². The number of carboxylic acid groups (broad SMARTS) is 1. The van der Waals surface area contributed by atoms with Crippen LogP contribution in [-0.2, 0) is 0 Å². The minimum absolute atomic E-state index is 0.371. The van der Waals surface area contributed by atoms with E-state index in [9.17, 15) is 4.79 Å². The maximum absolute atomic E-state index is 10.9. The summed E-state index contributed by atoms with van der Waals surface area (Å²) in [6.45, 7) is 5.67. The Bertz CT molecular complexity index is 325. The third-order valence-corrected chi connectivity index (χ3v) is 2.24. The van der Waals surface area contributed by atoms with Gasteiger partial charge < -0.3 is 10.0 Å². The van der Waals surface area contributed by atoms with Crippen molar-refractivity contribution in [1.82, 2.24) is 0 Å². The molecule has 5 heteroatoms. The van der Waals surface area contributed by atoms with Crippen LogP contribution in [0.25, 0.3) is 0 Å². The lowest BCUT2D eigenvalue weighted by Crippen LogP contribution is -2.24. The van der Waals surface area contributed by atoms with Crippen LogP contribution in [0.3, 0.4) is 0 Å². The van der Waals surface area contributed by atoms with Gasteiger partial charge in [-0.3, -0.25) is 11.7 Å². The Morgan fingerprint density at radius 2 is 1.75 bits per heavy atom. The highest BCUT2D eigenvalue weighted by Gasteiger charge is 2.12. The zero-order chi connectivity index (χ0) is 12.6. The Labute approximate surface area is 95.6 Å². The van der Waals surface area contributed by atoms with Crippen molar-refractivity contribution in [2.24, 2.45) is 11.7 Å². The molecule has 1 aromatic carbocycles. The van der Waals surface area contributed by atoms with Crippen LogP contribution in [0.5, 0.6) is 0 Å². The number of aromatic carboxylic acids is 1. The maximum atomic E-state index is 10.9. The molecular formula is C11H19N3O2. The van der Waals surface area contributed by atoms with E-state index in [1.165, 1.54) is 0 Å². The lowest BCUT2D eigenvalue weighted by Gasteiger charge is -2.22. The largest absolute Gasteiger partial charge is 0.478 e. The number of nitrogens with two attached hydrogens (primary N) is 2. The summed E-state index contributed by atoms with van der Waals surface area (Å²) in [5.74, 6) is 7.13. The SMILES string of the molecule is CCN(CC)c1ccccc1C(=O)O.NN. The molecule has 5 nitrogen and oxygen atoms in total. The Morgan fingerprint density at radius 1 is 1.25 bits per heavy atom. The number of benzene rings is 1. The number of carbonyl (C=O) groups is 1. The monoisotopic (exact) mass is 225 g/mol. The van der Waals surface area contributed by atoms with E-state index in [1.807, 2.05) is 30.9 Å². The lowest BCUT2D eigenvalue weighted by molar-refractivity contribution is 0.0697. The van der Waals surface area contributed by atoms with Crippen LogP contribution in [0.15, 0.2) is 24.3 Å². The van der Waals surface area contributed by atoms with Crippen LogP contribution in [0, 0.1) is 0 Å². The fraction of sp³-hybridized carbons (Fsp3) is 0.364. The normalized spacial score (nSPS) is 9.00. The lowest BCUT2D eigenvalue weighted by atomic mass is 10.1. The minimum Gasteiger partial charge on any atom is -0.478 e. The van der Waals surface area contributed by atoms with Gasteiger partial charge in [0.2, 0.25) is 0 Å². The Morgan fingerprint density at radius 3 is 2.19 bits per heavy atom. The Kier molecular flexibility index (Phi) is 6.91. The summed E-state index contributed by atoms with van der Waals surface area (Å²) < 4.78 is 0.